The lowest BCUT2D eigenvalue weighted by molar-refractivity contribution is -0.134. The molecule has 0 saturated heterocycles. The van der Waals surface area contributed by atoms with Crippen LogP contribution in [0.4, 0.5) is 0 Å². The molecule has 1 aromatic heterocycles. The minimum atomic E-state index is -0.700. The second-order valence-electron chi connectivity index (χ2n) is 8.49. The van der Waals surface area contributed by atoms with Gasteiger partial charge >= 0.3 is 11.6 Å². The molecule has 0 bridgehead atoms. The van der Waals surface area contributed by atoms with Gasteiger partial charge in [-0.3, -0.25) is 4.79 Å². The average Bonchev–Trinajstić information content (AvgIpc) is 2.74. The second kappa shape index (κ2) is 13.9. The predicted octanol–water partition coefficient (Wildman–Crippen LogP) is 7.19. The molecule has 172 valence electrons. The fourth-order valence-electron chi connectivity index (χ4n) is 3.90. The van der Waals surface area contributed by atoms with E-state index in [4.69, 9.17) is 9.15 Å². The van der Waals surface area contributed by atoms with Crippen molar-refractivity contribution in [2.75, 3.05) is 0 Å². The summed E-state index contributed by atoms with van der Waals surface area (Å²) in [5.74, 6) is -0.448. The van der Waals surface area contributed by atoms with E-state index in [0.29, 0.717) is 17.4 Å². The summed E-state index contributed by atoms with van der Waals surface area (Å²) in [6.45, 7) is 3.96. The summed E-state index contributed by atoms with van der Waals surface area (Å²) >= 11 is 0. The molecule has 0 saturated carbocycles. The molecule has 1 heterocycles. The van der Waals surface area contributed by atoms with Crippen molar-refractivity contribution in [1.29, 1.82) is 0 Å². The lowest BCUT2D eigenvalue weighted by Gasteiger charge is -2.08. The minimum Gasteiger partial charge on any atom is -0.508 e. The highest BCUT2D eigenvalue weighted by atomic mass is 16.5. The first kappa shape index (κ1) is 25.0. The molecule has 31 heavy (non-hydrogen) atoms. The standard InChI is InChI=1S/C26H38O5/c1-3-4-5-6-7-8-9-10-11-12-13-14-15-16-24(28)31-25-20(2)22-18-17-21(27)19-23(22)30-26(25)29/h17-19,27H,3-16H2,1-2H3. The predicted molar refractivity (Wildman–Crippen MR) is 125 cm³/mol. The highest BCUT2D eigenvalue weighted by Crippen LogP contribution is 2.27. The summed E-state index contributed by atoms with van der Waals surface area (Å²) in [4.78, 5) is 24.3. The number of fused-ring (bicyclic) bond motifs is 1. The lowest BCUT2D eigenvalue weighted by atomic mass is 10.0. The molecule has 0 spiro atoms. The van der Waals surface area contributed by atoms with Crippen molar-refractivity contribution in [3.63, 3.8) is 0 Å². The third kappa shape index (κ3) is 8.76. The first-order chi connectivity index (χ1) is 15.0. The van der Waals surface area contributed by atoms with Crippen LogP contribution in [0.3, 0.4) is 0 Å². The number of aryl methyl sites for hydroxylation is 1. The van der Waals surface area contributed by atoms with Crippen molar-refractivity contribution in [3.05, 3.63) is 34.2 Å². The Morgan fingerprint density at radius 1 is 0.903 bits per heavy atom. The van der Waals surface area contributed by atoms with Crippen molar-refractivity contribution in [3.8, 4) is 11.5 Å². The number of hydrogen-bond donors (Lipinski definition) is 1. The van der Waals surface area contributed by atoms with Gasteiger partial charge in [0.25, 0.3) is 0 Å². The van der Waals surface area contributed by atoms with E-state index in [2.05, 4.69) is 6.92 Å². The van der Waals surface area contributed by atoms with Gasteiger partial charge in [0.1, 0.15) is 11.3 Å². The third-order valence-corrected chi connectivity index (χ3v) is 5.80. The van der Waals surface area contributed by atoms with Crippen molar-refractivity contribution in [1.82, 2.24) is 0 Å². The molecule has 0 fully saturated rings. The summed E-state index contributed by atoms with van der Waals surface area (Å²) in [7, 11) is 0. The topological polar surface area (TPSA) is 76.7 Å². The molecule has 1 N–H and O–H groups in total. The molecule has 0 amide bonds. The zero-order valence-electron chi connectivity index (χ0n) is 19.2. The molecule has 0 aliphatic carbocycles. The summed E-state index contributed by atoms with van der Waals surface area (Å²) in [6.07, 6.45) is 16.5. The Balaban J connectivity index is 1.60. The number of hydrogen-bond acceptors (Lipinski definition) is 5. The van der Waals surface area contributed by atoms with Crippen molar-refractivity contribution in [2.24, 2.45) is 0 Å². The molecule has 0 aliphatic rings. The number of carbonyl (C=O) groups excluding carboxylic acids is 1. The van der Waals surface area contributed by atoms with Gasteiger partial charge < -0.3 is 14.3 Å². The maximum absolute atomic E-state index is 12.2. The Kier molecular flexibility index (Phi) is 11.2. The highest BCUT2D eigenvalue weighted by Gasteiger charge is 2.16. The molecular weight excluding hydrogens is 392 g/mol. The number of benzene rings is 1. The Labute approximate surface area is 185 Å². The molecule has 1 aromatic carbocycles. The van der Waals surface area contributed by atoms with Gasteiger partial charge in [-0.05, 0) is 25.5 Å². The number of carbonyl (C=O) groups is 1. The monoisotopic (exact) mass is 430 g/mol. The van der Waals surface area contributed by atoms with E-state index in [9.17, 15) is 14.7 Å². The number of phenols is 1. The number of unbranched alkanes of at least 4 members (excludes halogenated alkanes) is 12. The molecule has 5 heteroatoms. The number of esters is 1. The lowest BCUT2D eigenvalue weighted by Crippen LogP contribution is -2.15. The second-order valence-corrected chi connectivity index (χ2v) is 8.49. The van der Waals surface area contributed by atoms with E-state index in [0.717, 1.165) is 19.3 Å². The molecule has 0 unspecified atom stereocenters. The molecule has 5 nitrogen and oxygen atoms in total. The summed E-state index contributed by atoms with van der Waals surface area (Å²) in [5, 5.41) is 10.2. The van der Waals surface area contributed by atoms with Gasteiger partial charge in [-0.2, -0.15) is 0 Å². The maximum Gasteiger partial charge on any atom is 0.380 e. The van der Waals surface area contributed by atoms with Crippen LogP contribution in [0.5, 0.6) is 11.5 Å². The van der Waals surface area contributed by atoms with Crippen molar-refractivity contribution in [2.45, 2.75) is 104 Å². The largest absolute Gasteiger partial charge is 0.508 e. The van der Waals surface area contributed by atoms with Crippen LogP contribution in [0, 0.1) is 6.92 Å². The van der Waals surface area contributed by atoms with Crippen molar-refractivity contribution >= 4 is 16.9 Å². The number of phenolic OH excluding ortho intramolecular Hbond substituents is 1. The highest BCUT2D eigenvalue weighted by molar-refractivity contribution is 5.84. The van der Waals surface area contributed by atoms with Gasteiger partial charge in [-0.15, -0.1) is 0 Å². The SMILES string of the molecule is CCCCCCCCCCCCCCCC(=O)Oc1c(C)c2ccc(O)cc2oc1=O. The fraction of sp³-hybridized carbons (Fsp3) is 0.615. The van der Waals surface area contributed by atoms with E-state index in [1.54, 1.807) is 13.0 Å². The van der Waals surface area contributed by atoms with Crippen LogP contribution < -0.4 is 10.4 Å². The van der Waals surface area contributed by atoms with Crippen LogP contribution in [-0.4, -0.2) is 11.1 Å². The first-order valence-electron chi connectivity index (χ1n) is 12.0. The smallest absolute Gasteiger partial charge is 0.380 e. The van der Waals surface area contributed by atoms with Crippen molar-refractivity contribution < 1.29 is 19.1 Å². The molecule has 0 radical (unpaired) electrons. The van der Waals surface area contributed by atoms with E-state index in [1.165, 1.54) is 76.3 Å². The van der Waals surface area contributed by atoms with Gasteiger partial charge in [0.2, 0.25) is 5.75 Å². The zero-order valence-corrected chi connectivity index (χ0v) is 19.2. The van der Waals surface area contributed by atoms with Crippen LogP contribution in [0.25, 0.3) is 11.0 Å². The molecule has 0 atom stereocenters. The normalized spacial score (nSPS) is 11.2. The maximum atomic E-state index is 12.2. The van der Waals surface area contributed by atoms with Crippen LogP contribution in [0.15, 0.2) is 27.4 Å². The average molecular weight is 431 g/mol. The van der Waals surface area contributed by atoms with Gasteiger partial charge in [0.05, 0.1) is 0 Å². The van der Waals surface area contributed by atoms with Gasteiger partial charge in [-0.1, -0.05) is 84.0 Å². The van der Waals surface area contributed by atoms with Gasteiger partial charge in [0, 0.05) is 23.4 Å². The molecular formula is C26H38O5. The number of rotatable bonds is 15. The quantitative estimate of drug-likeness (QED) is 0.184. The van der Waals surface area contributed by atoms with Crippen LogP contribution in [-0.2, 0) is 4.79 Å². The fourth-order valence-corrected chi connectivity index (χ4v) is 3.90. The van der Waals surface area contributed by atoms with Crippen LogP contribution in [0.1, 0.15) is 102 Å². The van der Waals surface area contributed by atoms with Crippen LogP contribution in [0.2, 0.25) is 0 Å². The number of ether oxygens (including phenoxy) is 1. The minimum absolute atomic E-state index is 0.0159. The Morgan fingerprint density at radius 3 is 2.03 bits per heavy atom. The van der Waals surface area contributed by atoms with E-state index in [-0.39, 0.29) is 17.1 Å². The van der Waals surface area contributed by atoms with Crippen LogP contribution >= 0.6 is 0 Å². The van der Waals surface area contributed by atoms with E-state index < -0.39 is 11.6 Å². The molecule has 2 rings (SSSR count). The molecule has 0 aliphatic heterocycles. The Morgan fingerprint density at radius 2 is 1.45 bits per heavy atom. The van der Waals surface area contributed by atoms with E-state index in [1.807, 2.05) is 0 Å². The summed E-state index contributed by atoms with van der Waals surface area (Å²) in [5.41, 5.74) is 0.123. The summed E-state index contributed by atoms with van der Waals surface area (Å²) in [6, 6.07) is 4.53. The van der Waals surface area contributed by atoms with E-state index >= 15 is 0 Å². The Hall–Kier alpha value is -2.30. The first-order valence-corrected chi connectivity index (χ1v) is 12.0. The number of aromatic hydroxyl groups is 1. The molecule has 2 aromatic rings. The van der Waals surface area contributed by atoms with Gasteiger partial charge in [0.15, 0.2) is 0 Å². The zero-order chi connectivity index (χ0) is 22.5. The van der Waals surface area contributed by atoms with Gasteiger partial charge in [-0.25, -0.2) is 4.79 Å². The third-order valence-electron chi connectivity index (χ3n) is 5.80. The Bertz CT molecular complexity index is 868. The summed E-state index contributed by atoms with van der Waals surface area (Å²) < 4.78 is 10.5.